The van der Waals surface area contributed by atoms with Crippen molar-refractivity contribution in [1.29, 1.82) is 0 Å². The lowest BCUT2D eigenvalue weighted by Crippen LogP contribution is -2.33. The Bertz CT molecular complexity index is 1010. The first-order valence-corrected chi connectivity index (χ1v) is 10.5. The molecule has 0 spiro atoms. The summed E-state index contributed by atoms with van der Waals surface area (Å²) in [5.41, 5.74) is 0.933. The first-order valence-electron chi connectivity index (χ1n) is 8.16. The maximum absolute atomic E-state index is 13.3. The molecule has 7 nitrogen and oxygen atoms in total. The average molecular weight is 406 g/mol. The van der Waals surface area contributed by atoms with E-state index < -0.39 is 14.9 Å². The van der Waals surface area contributed by atoms with Crippen LogP contribution < -0.4 is 0 Å². The molecule has 0 bridgehead atoms. The van der Waals surface area contributed by atoms with Crippen molar-refractivity contribution in [3.63, 3.8) is 0 Å². The Labute approximate surface area is 161 Å². The van der Waals surface area contributed by atoms with Gasteiger partial charge in [-0.05, 0) is 36.4 Å². The van der Waals surface area contributed by atoms with Crippen LogP contribution in [0.1, 0.15) is 16.0 Å². The normalized spacial score (nSPS) is 11.8. The molecule has 0 unspecified atom stereocenters. The Hall–Kier alpha value is -2.49. The molecule has 0 N–H and O–H groups in total. The van der Waals surface area contributed by atoms with E-state index in [0.29, 0.717) is 17.5 Å². The highest BCUT2D eigenvalue weighted by molar-refractivity contribution is 7.89. The van der Waals surface area contributed by atoms with Crippen LogP contribution in [0.3, 0.4) is 0 Å². The van der Waals surface area contributed by atoms with E-state index in [1.807, 2.05) is 17.5 Å². The van der Waals surface area contributed by atoms with Crippen LogP contribution >= 0.6 is 11.3 Å². The van der Waals surface area contributed by atoms with Gasteiger partial charge in [-0.1, -0.05) is 12.1 Å². The Kier molecular flexibility index (Phi) is 5.73. The summed E-state index contributed by atoms with van der Waals surface area (Å²) >= 11 is 1.56. The fourth-order valence-electron chi connectivity index (χ4n) is 2.68. The summed E-state index contributed by atoms with van der Waals surface area (Å²) in [6, 6.07) is 9.46. The highest BCUT2D eigenvalue weighted by Gasteiger charge is 2.28. The fraction of sp³-hybridized carbons (Fsp3) is 0.222. The van der Waals surface area contributed by atoms with Crippen molar-refractivity contribution in [2.24, 2.45) is 0 Å². The molecule has 142 valence electrons. The van der Waals surface area contributed by atoms with Crippen LogP contribution in [-0.2, 0) is 23.0 Å². The number of aryl methyl sites for hydroxylation is 1. The summed E-state index contributed by atoms with van der Waals surface area (Å²) in [5, 5.41) is 13.0. The Morgan fingerprint density at radius 1 is 1.26 bits per heavy atom. The maximum atomic E-state index is 13.3. The van der Waals surface area contributed by atoms with Crippen LogP contribution in [0.25, 0.3) is 0 Å². The molecule has 2 heterocycles. The van der Waals surface area contributed by atoms with Crippen LogP contribution in [0.2, 0.25) is 0 Å². The molecular formula is C18H18N2O5S2. The van der Waals surface area contributed by atoms with E-state index in [1.165, 1.54) is 29.0 Å². The zero-order valence-corrected chi connectivity index (χ0v) is 16.2. The lowest BCUT2D eigenvalue weighted by atomic mass is 10.2. The van der Waals surface area contributed by atoms with E-state index >= 15 is 0 Å². The number of nitrogens with zero attached hydrogens (tertiary/aromatic N) is 2. The first-order chi connectivity index (χ1) is 12.9. The smallest absolute Gasteiger partial charge is 0.270 e. The number of thiophene rings is 1. The first kappa shape index (κ1) is 19.3. The molecule has 0 saturated carbocycles. The van der Waals surface area contributed by atoms with Gasteiger partial charge in [0.05, 0.1) is 22.3 Å². The third kappa shape index (κ3) is 4.44. The second kappa shape index (κ2) is 8.03. The number of rotatable bonds is 8. The van der Waals surface area contributed by atoms with Crippen molar-refractivity contribution >= 4 is 27.0 Å². The van der Waals surface area contributed by atoms with Gasteiger partial charge in [0.2, 0.25) is 10.0 Å². The second-order valence-electron chi connectivity index (χ2n) is 6.01. The summed E-state index contributed by atoms with van der Waals surface area (Å²) in [4.78, 5) is 11.5. The quantitative estimate of drug-likeness (QED) is 0.416. The van der Waals surface area contributed by atoms with Crippen molar-refractivity contribution in [3.8, 4) is 0 Å². The molecule has 0 aliphatic carbocycles. The average Bonchev–Trinajstić information content (AvgIpc) is 3.32. The Balaban J connectivity index is 1.96. The summed E-state index contributed by atoms with van der Waals surface area (Å²) < 4.78 is 33.0. The number of nitro groups is 1. The topological polar surface area (TPSA) is 93.7 Å². The summed E-state index contributed by atoms with van der Waals surface area (Å²) in [6.07, 6.45) is 3.54. The van der Waals surface area contributed by atoms with Gasteiger partial charge in [-0.2, -0.15) is 4.31 Å². The molecule has 9 heteroatoms. The predicted octanol–water partition coefficient (Wildman–Crippen LogP) is 3.99. The van der Waals surface area contributed by atoms with E-state index in [9.17, 15) is 18.5 Å². The monoisotopic (exact) mass is 406 g/mol. The molecular weight excluding hydrogens is 388 g/mol. The molecule has 0 aliphatic rings. The lowest BCUT2D eigenvalue weighted by Gasteiger charge is -2.22. The minimum Gasteiger partial charge on any atom is -0.472 e. The minimum atomic E-state index is -3.93. The van der Waals surface area contributed by atoms with Gasteiger partial charge in [0.25, 0.3) is 5.69 Å². The van der Waals surface area contributed by atoms with Crippen molar-refractivity contribution in [3.05, 3.63) is 80.4 Å². The third-order valence-electron chi connectivity index (χ3n) is 4.13. The van der Waals surface area contributed by atoms with Gasteiger partial charge in [0, 0.05) is 35.7 Å². The molecule has 0 amide bonds. The van der Waals surface area contributed by atoms with Crippen LogP contribution in [0.15, 0.2) is 63.6 Å². The molecule has 0 fully saturated rings. The molecule has 0 saturated heterocycles. The van der Waals surface area contributed by atoms with Gasteiger partial charge in [-0.3, -0.25) is 10.1 Å². The van der Waals surface area contributed by atoms with E-state index in [4.69, 9.17) is 4.42 Å². The van der Waals surface area contributed by atoms with Gasteiger partial charge in [-0.25, -0.2) is 8.42 Å². The molecule has 0 aliphatic heterocycles. The molecule has 2 aromatic heterocycles. The van der Waals surface area contributed by atoms with Crippen molar-refractivity contribution in [1.82, 2.24) is 4.31 Å². The van der Waals surface area contributed by atoms with E-state index in [0.717, 1.165) is 10.9 Å². The van der Waals surface area contributed by atoms with Crippen LogP contribution in [0, 0.1) is 17.0 Å². The minimum absolute atomic E-state index is 0.0497. The van der Waals surface area contributed by atoms with Gasteiger partial charge in [0.1, 0.15) is 0 Å². The zero-order chi connectivity index (χ0) is 19.4. The number of hydrogen-bond donors (Lipinski definition) is 0. The van der Waals surface area contributed by atoms with E-state index in [2.05, 4.69) is 0 Å². The summed E-state index contributed by atoms with van der Waals surface area (Å²) in [5.74, 6) is 0. The van der Waals surface area contributed by atoms with Crippen LogP contribution in [0.4, 0.5) is 5.69 Å². The molecule has 0 atom stereocenters. The largest absolute Gasteiger partial charge is 0.472 e. The fourth-order valence-corrected chi connectivity index (χ4v) is 5.05. The molecule has 3 rings (SSSR count). The standard InChI is InChI=1S/C18H18N2O5S2/c1-14-4-5-16(20(21)22)11-18(14)27(23,24)19(12-15-7-9-25-13-15)8-6-17-3-2-10-26-17/h2-5,7,9-11,13H,6,8,12H2,1H3. The third-order valence-corrected chi connectivity index (χ3v) is 7.05. The van der Waals surface area contributed by atoms with E-state index in [1.54, 1.807) is 24.3 Å². The van der Waals surface area contributed by atoms with Crippen LogP contribution in [-0.4, -0.2) is 24.2 Å². The lowest BCUT2D eigenvalue weighted by molar-refractivity contribution is -0.385. The predicted molar refractivity (Wildman–Crippen MR) is 102 cm³/mol. The number of benzene rings is 1. The van der Waals surface area contributed by atoms with Gasteiger partial charge < -0.3 is 4.42 Å². The number of hydrogen-bond acceptors (Lipinski definition) is 6. The number of furan rings is 1. The summed E-state index contributed by atoms with van der Waals surface area (Å²) in [7, 11) is -3.93. The second-order valence-corrected chi connectivity index (χ2v) is 8.95. The van der Waals surface area contributed by atoms with Crippen molar-refractivity contribution in [2.45, 2.75) is 24.8 Å². The molecule has 0 radical (unpaired) electrons. The molecule has 1 aromatic carbocycles. The number of nitro benzene ring substituents is 1. The van der Waals surface area contributed by atoms with Crippen molar-refractivity contribution < 1.29 is 17.8 Å². The number of non-ortho nitro benzene ring substituents is 1. The maximum Gasteiger partial charge on any atom is 0.270 e. The zero-order valence-electron chi connectivity index (χ0n) is 14.6. The number of sulfonamides is 1. The Morgan fingerprint density at radius 2 is 2.07 bits per heavy atom. The molecule has 27 heavy (non-hydrogen) atoms. The van der Waals surface area contributed by atoms with Gasteiger partial charge in [-0.15, -0.1) is 11.3 Å². The van der Waals surface area contributed by atoms with Gasteiger partial charge in [0.15, 0.2) is 0 Å². The van der Waals surface area contributed by atoms with Crippen molar-refractivity contribution in [2.75, 3.05) is 6.54 Å². The highest BCUT2D eigenvalue weighted by atomic mass is 32.2. The SMILES string of the molecule is Cc1ccc([N+](=O)[O-])cc1S(=O)(=O)N(CCc1cccs1)Cc1ccoc1. The van der Waals surface area contributed by atoms with E-state index in [-0.39, 0.29) is 23.7 Å². The summed E-state index contributed by atoms with van der Waals surface area (Å²) in [6.45, 7) is 2.02. The molecule has 3 aromatic rings. The Morgan fingerprint density at radius 3 is 2.70 bits per heavy atom. The van der Waals surface area contributed by atoms with Gasteiger partial charge >= 0.3 is 0 Å². The van der Waals surface area contributed by atoms with Crippen LogP contribution in [0.5, 0.6) is 0 Å². The highest BCUT2D eigenvalue weighted by Crippen LogP contribution is 2.26.